The lowest BCUT2D eigenvalue weighted by Gasteiger charge is -2.15. The second-order valence-corrected chi connectivity index (χ2v) is 5.70. The van der Waals surface area contributed by atoms with Gasteiger partial charge in [0.2, 0.25) is 0 Å². The van der Waals surface area contributed by atoms with Crippen molar-refractivity contribution in [3.8, 4) is 5.75 Å². The molecule has 0 spiro atoms. The Hall–Kier alpha value is -1.06. The van der Waals surface area contributed by atoms with E-state index in [2.05, 4.69) is 65.4 Å². The molecule has 2 aromatic rings. The van der Waals surface area contributed by atoms with Crippen LogP contribution in [-0.4, -0.2) is 19.2 Å². The fourth-order valence-corrected chi connectivity index (χ4v) is 2.40. The lowest BCUT2D eigenvalue weighted by Crippen LogP contribution is -2.29. The lowest BCUT2D eigenvalue weighted by molar-refractivity contribution is 0.218. The van der Waals surface area contributed by atoms with E-state index >= 15 is 0 Å². The molecule has 0 fully saturated rings. The molecule has 0 saturated heterocycles. The number of benzene rings is 2. The normalized spacial score (nSPS) is 12.6. The first-order chi connectivity index (χ1) is 9.19. The predicted octanol–water partition coefficient (Wildman–Crippen LogP) is 4.37. The second-order valence-electron chi connectivity index (χ2n) is 4.79. The molecule has 2 nitrogen and oxygen atoms in total. The smallest absolute Gasteiger partial charge is 0.120 e. The molecule has 3 heteroatoms. The van der Waals surface area contributed by atoms with Gasteiger partial charge in [-0.2, -0.15) is 0 Å². The van der Waals surface area contributed by atoms with E-state index in [0.29, 0.717) is 0 Å². The molecule has 0 aliphatic heterocycles. The van der Waals surface area contributed by atoms with Crippen LogP contribution in [-0.2, 0) is 0 Å². The molecule has 1 atom stereocenters. The fourth-order valence-electron chi connectivity index (χ4n) is 2.02. The molecule has 0 saturated carbocycles. The Morgan fingerprint density at radius 2 is 1.89 bits per heavy atom. The zero-order valence-electron chi connectivity index (χ0n) is 11.4. The summed E-state index contributed by atoms with van der Waals surface area (Å²) >= 11 is 3.49. The van der Waals surface area contributed by atoms with Crippen molar-refractivity contribution in [3.05, 3.63) is 40.9 Å². The highest BCUT2D eigenvalue weighted by Crippen LogP contribution is 2.24. The van der Waals surface area contributed by atoms with Gasteiger partial charge in [-0.25, -0.2) is 0 Å². The van der Waals surface area contributed by atoms with Gasteiger partial charge in [-0.05, 0) is 54.9 Å². The highest BCUT2D eigenvalue weighted by atomic mass is 79.9. The number of ether oxygens (including phenoxy) is 1. The van der Waals surface area contributed by atoms with Crippen LogP contribution in [0.5, 0.6) is 5.75 Å². The summed E-state index contributed by atoms with van der Waals surface area (Å²) in [6.07, 6.45) is 1.33. The first-order valence-electron chi connectivity index (χ1n) is 6.75. The van der Waals surface area contributed by atoms with Gasteiger partial charge in [0.05, 0.1) is 0 Å². The summed E-state index contributed by atoms with van der Waals surface area (Å²) in [7, 11) is 0. The number of halogens is 1. The molecule has 2 rings (SSSR count). The van der Waals surface area contributed by atoms with E-state index in [1.165, 1.54) is 10.8 Å². The van der Waals surface area contributed by atoms with Gasteiger partial charge in [-0.15, -0.1) is 0 Å². The third kappa shape index (κ3) is 4.22. The Labute approximate surface area is 123 Å². The minimum Gasteiger partial charge on any atom is -0.489 e. The van der Waals surface area contributed by atoms with E-state index in [1.807, 2.05) is 6.07 Å². The van der Waals surface area contributed by atoms with Crippen LogP contribution in [0.3, 0.4) is 0 Å². The SMILES string of the molecule is CCCNCC(C)Oc1ccc2cc(Br)ccc2c1. The molecule has 0 aromatic heterocycles. The Morgan fingerprint density at radius 1 is 1.16 bits per heavy atom. The molecule has 2 aromatic carbocycles. The zero-order valence-corrected chi connectivity index (χ0v) is 13.0. The van der Waals surface area contributed by atoms with Crippen LogP contribution in [0.2, 0.25) is 0 Å². The van der Waals surface area contributed by atoms with E-state index in [-0.39, 0.29) is 6.10 Å². The Bertz CT molecular complexity index is 541. The third-order valence-corrected chi connectivity index (χ3v) is 3.46. The van der Waals surface area contributed by atoms with E-state index in [4.69, 9.17) is 4.74 Å². The minimum absolute atomic E-state index is 0.180. The molecule has 0 bridgehead atoms. The summed E-state index contributed by atoms with van der Waals surface area (Å²) in [4.78, 5) is 0. The Morgan fingerprint density at radius 3 is 2.68 bits per heavy atom. The Kier molecular flexibility index (Phi) is 5.23. The largest absolute Gasteiger partial charge is 0.489 e. The van der Waals surface area contributed by atoms with E-state index in [0.717, 1.165) is 29.7 Å². The monoisotopic (exact) mass is 321 g/mol. The van der Waals surface area contributed by atoms with Crippen LogP contribution in [0.1, 0.15) is 20.3 Å². The second kappa shape index (κ2) is 6.92. The van der Waals surface area contributed by atoms with Crippen molar-refractivity contribution < 1.29 is 4.74 Å². The third-order valence-electron chi connectivity index (χ3n) is 2.97. The number of nitrogens with one attached hydrogen (secondary N) is 1. The molecule has 0 aliphatic rings. The topological polar surface area (TPSA) is 21.3 Å². The van der Waals surface area contributed by atoms with Crippen molar-refractivity contribution in [3.63, 3.8) is 0 Å². The van der Waals surface area contributed by atoms with Gasteiger partial charge in [0, 0.05) is 11.0 Å². The Balaban J connectivity index is 2.02. The fraction of sp³-hybridized carbons (Fsp3) is 0.375. The molecule has 1 unspecified atom stereocenters. The number of fused-ring (bicyclic) bond motifs is 1. The van der Waals surface area contributed by atoms with Gasteiger partial charge < -0.3 is 10.1 Å². The quantitative estimate of drug-likeness (QED) is 0.798. The maximum absolute atomic E-state index is 5.93. The number of hydrogen-bond donors (Lipinski definition) is 1. The molecule has 0 heterocycles. The van der Waals surface area contributed by atoms with Crippen LogP contribution in [0, 0.1) is 0 Å². The van der Waals surface area contributed by atoms with Crippen LogP contribution in [0.4, 0.5) is 0 Å². The lowest BCUT2D eigenvalue weighted by atomic mass is 10.1. The molecular weight excluding hydrogens is 302 g/mol. The maximum atomic E-state index is 5.93. The van der Waals surface area contributed by atoms with Crippen molar-refractivity contribution in [2.24, 2.45) is 0 Å². The van der Waals surface area contributed by atoms with E-state index < -0.39 is 0 Å². The van der Waals surface area contributed by atoms with Gasteiger partial charge in [-0.3, -0.25) is 0 Å². The van der Waals surface area contributed by atoms with Crippen LogP contribution < -0.4 is 10.1 Å². The van der Waals surface area contributed by atoms with Crippen molar-refractivity contribution in [1.29, 1.82) is 0 Å². The number of hydrogen-bond acceptors (Lipinski definition) is 2. The van der Waals surface area contributed by atoms with Gasteiger partial charge in [0.15, 0.2) is 0 Å². The molecule has 0 aliphatic carbocycles. The van der Waals surface area contributed by atoms with Gasteiger partial charge in [0.1, 0.15) is 11.9 Å². The van der Waals surface area contributed by atoms with E-state index in [1.54, 1.807) is 0 Å². The molecule has 102 valence electrons. The van der Waals surface area contributed by atoms with Gasteiger partial charge in [0.25, 0.3) is 0 Å². The first-order valence-corrected chi connectivity index (χ1v) is 7.55. The highest BCUT2D eigenvalue weighted by molar-refractivity contribution is 9.10. The van der Waals surface area contributed by atoms with Crippen molar-refractivity contribution in [2.75, 3.05) is 13.1 Å². The summed E-state index contributed by atoms with van der Waals surface area (Å²) in [6, 6.07) is 12.5. The maximum Gasteiger partial charge on any atom is 0.120 e. The summed E-state index contributed by atoms with van der Waals surface area (Å²) < 4.78 is 7.03. The van der Waals surface area contributed by atoms with Gasteiger partial charge in [-0.1, -0.05) is 35.0 Å². The van der Waals surface area contributed by atoms with Crippen molar-refractivity contribution in [2.45, 2.75) is 26.4 Å². The van der Waals surface area contributed by atoms with Crippen LogP contribution in [0.15, 0.2) is 40.9 Å². The van der Waals surface area contributed by atoms with E-state index in [9.17, 15) is 0 Å². The summed E-state index contributed by atoms with van der Waals surface area (Å²) in [5.41, 5.74) is 0. The summed E-state index contributed by atoms with van der Waals surface area (Å²) in [5.74, 6) is 0.931. The summed E-state index contributed by atoms with van der Waals surface area (Å²) in [5, 5.41) is 5.79. The van der Waals surface area contributed by atoms with Crippen molar-refractivity contribution in [1.82, 2.24) is 5.32 Å². The molecule has 0 amide bonds. The molecule has 0 radical (unpaired) electrons. The van der Waals surface area contributed by atoms with Crippen LogP contribution in [0.25, 0.3) is 10.8 Å². The van der Waals surface area contributed by atoms with Gasteiger partial charge >= 0.3 is 0 Å². The number of rotatable bonds is 6. The predicted molar refractivity (Wildman–Crippen MR) is 84.9 cm³/mol. The summed E-state index contributed by atoms with van der Waals surface area (Å²) in [6.45, 7) is 6.18. The molecule has 19 heavy (non-hydrogen) atoms. The zero-order chi connectivity index (χ0) is 13.7. The van der Waals surface area contributed by atoms with Crippen molar-refractivity contribution >= 4 is 26.7 Å². The minimum atomic E-state index is 0.180. The average molecular weight is 322 g/mol. The molecule has 1 N–H and O–H groups in total. The average Bonchev–Trinajstić information content (AvgIpc) is 2.39. The molecular formula is C16H20BrNO. The highest BCUT2D eigenvalue weighted by Gasteiger charge is 2.04. The van der Waals surface area contributed by atoms with Crippen LogP contribution >= 0.6 is 15.9 Å². The standard InChI is InChI=1S/C16H20BrNO/c1-3-8-18-11-12(2)19-16-7-5-13-9-15(17)6-4-14(13)10-16/h4-7,9-10,12,18H,3,8,11H2,1-2H3. The first kappa shape index (κ1) is 14.4.